The summed E-state index contributed by atoms with van der Waals surface area (Å²) in [5.41, 5.74) is 4.68. The smallest absolute Gasteiger partial charge is 0.185 e. The van der Waals surface area contributed by atoms with Gasteiger partial charge in [0.15, 0.2) is 5.78 Å². The van der Waals surface area contributed by atoms with Crippen LogP contribution in [0.1, 0.15) is 65.6 Å². The van der Waals surface area contributed by atoms with E-state index in [2.05, 4.69) is 48.5 Å². The minimum absolute atomic E-state index is 0.0564. The predicted molar refractivity (Wildman–Crippen MR) is 128 cm³/mol. The number of rotatable bonds is 12. The van der Waals surface area contributed by atoms with Crippen LogP contribution in [-0.4, -0.2) is 5.78 Å². The van der Waals surface area contributed by atoms with E-state index in [1.807, 2.05) is 42.5 Å². The summed E-state index contributed by atoms with van der Waals surface area (Å²) in [4.78, 5) is 12.3. The van der Waals surface area contributed by atoms with Gasteiger partial charge in [0.1, 0.15) is 0 Å². The third-order valence-corrected chi connectivity index (χ3v) is 5.53. The monoisotopic (exact) mass is 396 g/mol. The zero-order valence-electron chi connectivity index (χ0n) is 17.8. The fraction of sp³-hybridized carbons (Fsp3) is 0.276. The number of unbranched alkanes of at least 4 members (excludes halogenated alkanes) is 5. The molecule has 0 saturated carbocycles. The molecule has 3 rings (SSSR count). The number of aryl methyl sites for hydroxylation is 2. The molecule has 0 aliphatic rings. The summed E-state index contributed by atoms with van der Waals surface area (Å²) in [6.07, 6.45) is 13.6. The number of hydrogen-bond acceptors (Lipinski definition) is 1. The van der Waals surface area contributed by atoms with Gasteiger partial charge >= 0.3 is 0 Å². The van der Waals surface area contributed by atoms with Gasteiger partial charge in [-0.2, -0.15) is 0 Å². The quantitative estimate of drug-likeness (QED) is 0.174. The summed E-state index contributed by atoms with van der Waals surface area (Å²) in [5, 5.41) is 0. The van der Waals surface area contributed by atoms with Crippen molar-refractivity contribution in [3.05, 3.63) is 113 Å². The Balaban J connectivity index is 1.36. The van der Waals surface area contributed by atoms with Crippen molar-refractivity contribution in [1.82, 2.24) is 0 Å². The molecule has 0 aromatic heterocycles. The van der Waals surface area contributed by atoms with Gasteiger partial charge in [-0.1, -0.05) is 117 Å². The fourth-order valence-corrected chi connectivity index (χ4v) is 3.78. The Morgan fingerprint density at radius 1 is 0.600 bits per heavy atom. The van der Waals surface area contributed by atoms with Crippen molar-refractivity contribution >= 4 is 11.9 Å². The van der Waals surface area contributed by atoms with E-state index in [1.165, 1.54) is 56.1 Å². The Morgan fingerprint density at radius 3 is 1.90 bits per heavy atom. The summed E-state index contributed by atoms with van der Waals surface area (Å²) in [7, 11) is 0. The van der Waals surface area contributed by atoms with Crippen LogP contribution in [0.5, 0.6) is 0 Å². The third kappa shape index (κ3) is 7.48. The van der Waals surface area contributed by atoms with Crippen LogP contribution in [-0.2, 0) is 12.8 Å². The maximum Gasteiger partial charge on any atom is 0.185 e. The second-order valence-corrected chi connectivity index (χ2v) is 7.87. The first-order chi connectivity index (χ1) is 14.8. The molecular weight excluding hydrogens is 364 g/mol. The van der Waals surface area contributed by atoms with Gasteiger partial charge in [0.05, 0.1) is 0 Å². The number of carbonyl (C=O) groups is 1. The van der Waals surface area contributed by atoms with E-state index in [0.29, 0.717) is 0 Å². The third-order valence-electron chi connectivity index (χ3n) is 5.53. The summed E-state index contributed by atoms with van der Waals surface area (Å²) >= 11 is 0. The van der Waals surface area contributed by atoms with Crippen molar-refractivity contribution in [2.75, 3.05) is 0 Å². The molecule has 0 radical (unpaired) electrons. The standard InChI is InChI=1S/C29H32O/c30-29(28-21-11-6-12-22-28)24-23-27-20-14-13-19-26(27)18-10-4-2-1-3-7-15-25-16-8-5-9-17-25/h5-6,8-9,11-14,16-17,19-24H,1-4,7,10,15,18H2. The summed E-state index contributed by atoms with van der Waals surface area (Å²) in [6.45, 7) is 0. The number of allylic oxidation sites excluding steroid dienone is 1. The van der Waals surface area contributed by atoms with E-state index in [1.54, 1.807) is 6.08 Å². The summed E-state index contributed by atoms with van der Waals surface area (Å²) < 4.78 is 0. The van der Waals surface area contributed by atoms with Crippen LogP contribution >= 0.6 is 0 Å². The van der Waals surface area contributed by atoms with Crippen molar-refractivity contribution in [3.63, 3.8) is 0 Å². The van der Waals surface area contributed by atoms with Crippen molar-refractivity contribution in [3.8, 4) is 0 Å². The SMILES string of the molecule is O=C(C=Cc1ccccc1CCCCCCCCc1ccccc1)c1ccccc1. The lowest BCUT2D eigenvalue weighted by Crippen LogP contribution is -1.94. The molecule has 1 nitrogen and oxygen atoms in total. The molecule has 0 heterocycles. The topological polar surface area (TPSA) is 17.1 Å². The van der Waals surface area contributed by atoms with Crippen molar-refractivity contribution in [2.24, 2.45) is 0 Å². The molecular formula is C29H32O. The number of benzene rings is 3. The molecule has 0 spiro atoms. The van der Waals surface area contributed by atoms with E-state index in [4.69, 9.17) is 0 Å². The molecule has 0 fully saturated rings. The minimum atomic E-state index is 0.0564. The first-order valence-corrected chi connectivity index (χ1v) is 11.2. The van der Waals surface area contributed by atoms with Gasteiger partial charge in [0, 0.05) is 5.56 Å². The van der Waals surface area contributed by atoms with Crippen LogP contribution in [0.25, 0.3) is 6.08 Å². The minimum Gasteiger partial charge on any atom is -0.289 e. The van der Waals surface area contributed by atoms with Crippen molar-refractivity contribution < 1.29 is 4.79 Å². The molecule has 0 N–H and O–H groups in total. The van der Waals surface area contributed by atoms with E-state index in [0.717, 1.165) is 17.5 Å². The maximum atomic E-state index is 12.3. The van der Waals surface area contributed by atoms with Crippen LogP contribution in [0, 0.1) is 0 Å². The fourth-order valence-electron chi connectivity index (χ4n) is 3.78. The lowest BCUT2D eigenvalue weighted by atomic mass is 9.99. The number of carbonyl (C=O) groups excluding carboxylic acids is 1. The van der Waals surface area contributed by atoms with Gasteiger partial charge in [0.25, 0.3) is 0 Å². The van der Waals surface area contributed by atoms with Crippen molar-refractivity contribution in [1.29, 1.82) is 0 Å². The molecule has 30 heavy (non-hydrogen) atoms. The molecule has 154 valence electrons. The van der Waals surface area contributed by atoms with Crippen LogP contribution in [0.15, 0.2) is 91.0 Å². The molecule has 0 atom stereocenters. The molecule has 0 bridgehead atoms. The van der Waals surface area contributed by atoms with Gasteiger partial charge in [0.2, 0.25) is 0 Å². The van der Waals surface area contributed by atoms with E-state index in [9.17, 15) is 4.79 Å². The summed E-state index contributed by atoms with van der Waals surface area (Å²) in [6, 6.07) is 28.7. The Kier molecular flexibility index (Phi) is 9.14. The summed E-state index contributed by atoms with van der Waals surface area (Å²) in [5.74, 6) is 0.0564. The maximum absolute atomic E-state index is 12.3. The highest BCUT2D eigenvalue weighted by molar-refractivity contribution is 6.06. The average Bonchev–Trinajstić information content (AvgIpc) is 2.81. The first-order valence-electron chi connectivity index (χ1n) is 11.2. The van der Waals surface area contributed by atoms with Gasteiger partial charge in [-0.05, 0) is 48.4 Å². The Bertz CT molecular complexity index is 909. The zero-order valence-corrected chi connectivity index (χ0v) is 17.8. The largest absolute Gasteiger partial charge is 0.289 e. The second kappa shape index (κ2) is 12.6. The van der Waals surface area contributed by atoms with E-state index >= 15 is 0 Å². The molecule has 3 aromatic carbocycles. The molecule has 0 aliphatic heterocycles. The van der Waals surface area contributed by atoms with Gasteiger partial charge in [-0.15, -0.1) is 0 Å². The molecule has 0 unspecified atom stereocenters. The lowest BCUT2D eigenvalue weighted by molar-refractivity contribution is 0.104. The van der Waals surface area contributed by atoms with Crippen LogP contribution < -0.4 is 0 Å². The van der Waals surface area contributed by atoms with Crippen LogP contribution in [0.2, 0.25) is 0 Å². The Morgan fingerprint density at radius 2 is 1.17 bits per heavy atom. The highest BCUT2D eigenvalue weighted by atomic mass is 16.1. The van der Waals surface area contributed by atoms with E-state index in [-0.39, 0.29) is 5.78 Å². The van der Waals surface area contributed by atoms with Crippen LogP contribution in [0.3, 0.4) is 0 Å². The zero-order chi connectivity index (χ0) is 20.9. The predicted octanol–water partition coefficient (Wildman–Crippen LogP) is 7.71. The van der Waals surface area contributed by atoms with Gasteiger partial charge in [-0.25, -0.2) is 0 Å². The molecule has 0 saturated heterocycles. The Hall–Kier alpha value is -2.93. The highest BCUT2D eigenvalue weighted by Crippen LogP contribution is 2.16. The second-order valence-electron chi connectivity index (χ2n) is 7.87. The van der Waals surface area contributed by atoms with E-state index < -0.39 is 0 Å². The highest BCUT2D eigenvalue weighted by Gasteiger charge is 2.02. The van der Waals surface area contributed by atoms with Crippen molar-refractivity contribution in [2.45, 2.75) is 51.4 Å². The van der Waals surface area contributed by atoms with Crippen LogP contribution in [0.4, 0.5) is 0 Å². The average molecular weight is 397 g/mol. The number of ketones is 1. The lowest BCUT2D eigenvalue weighted by Gasteiger charge is -2.06. The normalized spacial score (nSPS) is 11.1. The first kappa shape index (κ1) is 21.8. The van der Waals surface area contributed by atoms with Gasteiger partial charge < -0.3 is 0 Å². The number of hydrogen-bond donors (Lipinski definition) is 0. The molecule has 1 heteroatoms. The Labute approximate surface area is 181 Å². The molecule has 3 aromatic rings. The van der Waals surface area contributed by atoms with Gasteiger partial charge in [-0.3, -0.25) is 4.79 Å². The molecule has 0 aliphatic carbocycles. The molecule has 0 amide bonds.